The first-order valence-electron chi connectivity index (χ1n) is 6.45. The SMILES string of the molecule is Cc1cc(CO)cc(S(=O)(=O)N2CCN(C)CC2)c1Br. The molecule has 20 heavy (non-hydrogen) atoms. The van der Waals surface area contributed by atoms with Crippen LogP contribution >= 0.6 is 15.9 Å². The Balaban J connectivity index is 2.41. The molecule has 1 aromatic rings. The summed E-state index contributed by atoms with van der Waals surface area (Å²) in [5, 5.41) is 9.26. The number of rotatable bonds is 3. The molecule has 1 N–H and O–H groups in total. The van der Waals surface area contributed by atoms with E-state index in [1.807, 2.05) is 14.0 Å². The van der Waals surface area contributed by atoms with Gasteiger partial charge in [0.15, 0.2) is 0 Å². The predicted molar refractivity (Wildman–Crippen MR) is 81.1 cm³/mol. The first-order valence-corrected chi connectivity index (χ1v) is 8.68. The van der Waals surface area contributed by atoms with E-state index in [1.165, 1.54) is 4.31 Å². The average Bonchev–Trinajstić information content (AvgIpc) is 2.42. The largest absolute Gasteiger partial charge is 0.392 e. The number of aryl methyl sites for hydroxylation is 1. The fourth-order valence-corrected chi connectivity index (χ4v) is 4.71. The lowest BCUT2D eigenvalue weighted by molar-refractivity contribution is 0.222. The summed E-state index contributed by atoms with van der Waals surface area (Å²) in [6.45, 7) is 4.11. The summed E-state index contributed by atoms with van der Waals surface area (Å²) in [6.07, 6.45) is 0. The van der Waals surface area contributed by atoms with Gasteiger partial charge in [0.1, 0.15) is 0 Å². The summed E-state index contributed by atoms with van der Waals surface area (Å²) in [6, 6.07) is 3.33. The van der Waals surface area contributed by atoms with Crippen LogP contribution in [0.15, 0.2) is 21.5 Å². The lowest BCUT2D eigenvalue weighted by Crippen LogP contribution is -2.47. The molecule has 0 atom stereocenters. The standard InChI is InChI=1S/C13H19BrN2O3S/c1-10-7-11(9-17)8-12(13(10)14)20(18,19)16-5-3-15(2)4-6-16/h7-8,17H,3-6,9H2,1-2H3. The van der Waals surface area contributed by atoms with E-state index in [1.54, 1.807) is 12.1 Å². The van der Waals surface area contributed by atoms with Gasteiger partial charge in [0.2, 0.25) is 10.0 Å². The van der Waals surface area contributed by atoms with E-state index in [0.29, 0.717) is 23.1 Å². The first-order chi connectivity index (χ1) is 9.36. The van der Waals surface area contributed by atoms with Crippen LogP contribution in [-0.4, -0.2) is 56.0 Å². The molecule has 1 fully saturated rings. The third kappa shape index (κ3) is 3.07. The van der Waals surface area contributed by atoms with Gasteiger partial charge in [0, 0.05) is 30.7 Å². The minimum atomic E-state index is -3.52. The number of benzene rings is 1. The summed E-state index contributed by atoms with van der Waals surface area (Å²) in [4.78, 5) is 2.35. The maximum atomic E-state index is 12.7. The zero-order valence-corrected chi connectivity index (χ0v) is 14.0. The van der Waals surface area contributed by atoms with Crippen LogP contribution in [0.25, 0.3) is 0 Å². The number of hydrogen-bond donors (Lipinski definition) is 1. The van der Waals surface area contributed by atoms with Crippen molar-refractivity contribution >= 4 is 26.0 Å². The number of hydrogen-bond acceptors (Lipinski definition) is 4. The van der Waals surface area contributed by atoms with Gasteiger partial charge in [-0.1, -0.05) is 6.07 Å². The minimum Gasteiger partial charge on any atom is -0.392 e. The maximum absolute atomic E-state index is 12.7. The molecule has 0 amide bonds. The minimum absolute atomic E-state index is 0.167. The van der Waals surface area contributed by atoms with E-state index >= 15 is 0 Å². The molecule has 112 valence electrons. The van der Waals surface area contributed by atoms with Crippen LogP contribution in [0.2, 0.25) is 0 Å². The number of nitrogens with zero attached hydrogens (tertiary/aromatic N) is 2. The Morgan fingerprint density at radius 2 is 1.85 bits per heavy atom. The van der Waals surface area contributed by atoms with Gasteiger partial charge >= 0.3 is 0 Å². The van der Waals surface area contributed by atoms with Crippen molar-refractivity contribution in [2.75, 3.05) is 33.2 Å². The third-order valence-corrected chi connectivity index (χ3v) is 6.78. The molecule has 1 aliphatic rings. The molecule has 0 aromatic heterocycles. The zero-order valence-electron chi connectivity index (χ0n) is 11.6. The third-order valence-electron chi connectivity index (χ3n) is 3.54. The Morgan fingerprint density at radius 1 is 1.25 bits per heavy atom. The van der Waals surface area contributed by atoms with Gasteiger partial charge in [-0.15, -0.1) is 0 Å². The molecule has 1 aromatic carbocycles. The molecule has 7 heteroatoms. The number of piperazine rings is 1. The van der Waals surface area contributed by atoms with Gasteiger partial charge in [0.05, 0.1) is 11.5 Å². The highest BCUT2D eigenvalue weighted by atomic mass is 79.9. The number of halogens is 1. The van der Waals surface area contributed by atoms with E-state index in [0.717, 1.165) is 18.7 Å². The quantitative estimate of drug-likeness (QED) is 0.877. The smallest absolute Gasteiger partial charge is 0.244 e. The van der Waals surface area contributed by atoms with Gasteiger partial charge in [0.25, 0.3) is 0 Å². The normalized spacial score (nSPS) is 18.4. The van der Waals surface area contributed by atoms with Crippen LogP contribution in [0.4, 0.5) is 0 Å². The van der Waals surface area contributed by atoms with Gasteiger partial charge in [-0.05, 0) is 47.1 Å². The second kappa shape index (κ2) is 6.11. The fraction of sp³-hybridized carbons (Fsp3) is 0.538. The molecular weight excluding hydrogens is 344 g/mol. The lowest BCUT2D eigenvalue weighted by Gasteiger charge is -2.32. The first kappa shape index (κ1) is 15.9. The Bertz CT molecular complexity index is 596. The Hall–Kier alpha value is -0.470. The molecule has 0 aliphatic carbocycles. The van der Waals surface area contributed by atoms with E-state index in [4.69, 9.17) is 0 Å². The zero-order chi connectivity index (χ0) is 14.9. The maximum Gasteiger partial charge on any atom is 0.244 e. The Kier molecular flexibility index (Phi) is 4.86. The van der Waals surface area contributed by atoms with E-state index in [-0.39, 0.29) is 11.5 Å². The average molecular weight is 363 g/mol. The number of aliphatic hydroxyl groups is 1. The molecule has 0 unspecified atom stereocenters. The van der Waals surface area contributed by atoms with Crippen LogP contribution in [0, 0.1) is 6.92 Å². The van der Waals surface area contributed by atoms with Crippen molar-refractivity contribution in [2.24, 2.45) is 0 Å². The highest BCUT2D eigenvalue weighted by Gasteiger charge is 2.29. The molecule has 0 radical (unpaired) electrons. The van der Waals surface area contributed by atoms with Crippen LogP contribution in [0.5, 0.6) is 0 Å². The molecule has 2 rings (SSSR count). The molecule has 1 saturated heterocycles. The summed E-state index contributed by atoms with van der Waals surface area (Å²) < 4.78 is 27.5. The molecule has 0 spiro atoms. The summed E-state index contributed by atoms with van der Waals surface area (Å²) in [7, 11) is -1.54. The van der Waals surface area contributed by atoms with E-state index in [9.17, 15) is 13.5 Å². The van der Waals surface area contributed by atoms with Crippen molar-refractivity contribution in [3.8, 4) is 0 Å². The number of aliphatic hydroxyl groups excluding tert-OH is 1. The van der Waals surface area contributed by atoms with Crippen LogP contribution in [0.1, 0.15) is 11.1 Å². The molecule has 1 heterocycles. The Labute approximate surface area is 128 Å². The van der Waals surface area contributed by atoms with Crippen molar-refractivity contribution in [3.63, 3.8) is 0 Å². The molecule has 0 bridgehead atoms. The second-order valence-corrected chi connectivity index (χ2v) is 7.79. The second-order valence-electron chi connectivity index (χ2n) is 5.09. The summed E-state index contributed by atoms with van der Waals surface area (Å²) >= 11 is 3.36. The van der Waals surface area contributed by atoms with Crippen LogP contribution < -0.4 is 0 Å². The number of sulfonamides is 1. The molecule has 1 aliphatic heterocycles. The van der Waals surface area contributed by atoms with Gasteiger partial charge < -0.3 is 10.0 Å². The van der Waals surface area contributed by atoms with E-state index < -0.39 is 10.0 Å². The van der Waals surface area contributed by atoms with Crippen molar-refractivity contribution in [2.45, 2.75) is 18.4 Å². The van der Waals surface area contributed by atoms with Crippen molar-refractivity contribution in [1.29, 1.82) is 0 Å². The van der Waals surface area contributed by atoms with Crippen LogP contribution in [0.3, 0.4) is 0 Å². The lowest BCUT2D eigenvalue weighted by atomic mass is 10.1. The summed E-state index contributed by atoms with van der Waals surface area (Å²) in [5.41, 5.74) is 1.42. The topological polar surface area (TPSA) is 60.9 Å². The molecular formula is C13H19BrN2O3S. The van der Waals surface area contributed by atoms with Crippen molar-refractivity contribution in [3.05, 3.63) is 27.7 Å². The highest BCUT2D eigenvalue weighted by Crippen LogP contribution is 2.30. The number of likely N-dealkylation sites (N-methyl/N-ethyl adjacent to an activating group) is 1. The predicted octanol–water partition coefficient (Wildman–Crippen LogP) is 1.19. The molecule has 5 nitrogen and oxygen atoms in total. The monoisotopic (exact) mass is 362 g/mol. The van der Waals surface area contributed by atoms with Gasteiger partial charge in [-0.2, -0.15) is 4.31 Å². The fourth-order valence-electron chi connectivity index (χ4n) is 2.26. The summed E-state index contributed by atoms with van der Waals surface area (Å²) in [5.74, 6) is 0. The van der Waals surface area contributed by atoms with E-state index in [2.05, 4.69) is 20.8 Å². The van der Waals surface area contributed by atoms with Crippen molar-refractivity contribution in [1.82, 2.24) is 9.21 Å². The van der Waals surface area contributed by atoms with Crippen LogP contribution in [-0.2, 0) is 16.6 Å². The van der Waals surface area contributed by atoms with Gasteiger partial charge in [-0.25, -0.2) is 8.42 Å². The highest BCUT2D eigenvalue weighted by molar-refractivity contribution is 9.10. The van der Waals surface area contributed by atoms with Crippen molar-refractivity contribution < 1.29 is 13.5 Å². The Morgan fingerprint density at radius 3 is 2.40 bits per heavy atom. The molecule has 0 saturated carbocycles. The van der Waals surface area contributed by atoms with Gasteiger partial charge in [-0.3, -0.25) is 0 Å².